The van der Waals surface area contributed by atoms with Crippen molar-refractivity contribution in [2.75, 3.05) is 25.2 Å². The summed E-state index contributed by atoms with van der Waals surface area (Å²) < 4.78 is 42.7. The monoisotopic (exact) mass is 661 g/mol. The van der Waals surface area contributed by atoms with Crippen molar-refractivity contribution in [3.8, 4) is 28.6 Å². The molecule has 1 atom stereocenters. The maximum atomic E-state index is 15.5. The number of aldehydes is 1. The molecule has 0 fully saturated rings. The number of hydrogen-bond donors (Lipinski definition) is 3. The second-order valence-corrected chi connectivity index (χ2v) is 13.8. The average Bonchev–Trinajstić information content (AvgIpc) is 3.75. The number of ether oxygens (including phenoxy) is 2. The summed E-state index contributed by atoms with van der Waals surface area (Å²) in [5, 5.41) is 7.92. The quantitative estimate of drug-likeness (QED) is 0.167. The lowest BCUT2D eigenvalue weighted by Gasteiger charge is -2.32. The van der Waals surface area contributed by atoms with Gasteiger partial charge in [0.2, 0.25) is 0 Å². The molecule has 1 aliphatic rings. The van der Waals surface area contributed by atoms with Gasteiger partial charge in [-0.05, 0) is 85.1 Å². The van der Waals surface area contributed by atoms with E-state index in [-0.39, 0.29) is 23.3 Å². The van der Waals surface area contributed by atoms with Crippen LogP contribution in [-0.4, -0.2) is 51.6 Å². The number of aromatic nitrogens is 3. The van der Waals surface area contributed by atoms with E-state index in [4.69, 9.17) is 14.6 Å². The molecule has 3 aromatic carbocycles. The molecular weight excluding hydrogens is 620 g/mol. The Morgan fingerprint density at radius 1 is 1.06 bits per heavy atom. The fourth-order valence-corrected chi connectivity index (χ4v) is 7.39. The Balaban J connectivity index is 0.00000213. The number of aliphatic hydroxyl groups excluding tert-OH is 1. The first-order valence-electron chi connectivity index (χ1n) is 15.7. The van der Waals surface area contributed by atoms with Gasteiger partial charge in [0, 0.05) is 53.1 Å². The molecule has 3 N–H and O–H groups in total. The molecule has 248 valence electrons. The second-order valence-electron chi connectivity index (χ2n) is 12.7. The van der Waals surface area contributed by atoms with E-state index in [9.17, 15) is 4.79 Å². The van der Waals surface area contributed by atoms with Crippen LogP contribution in [0.1, 0.15) is 56.9 Å². The van der Waals surface area contributed by atoms with Crippen LogP contribution in [0.4, 0.5) is 8.78 Å². The van der Waals surface area contributed by atoms with Gasteiger partial charge in [-0.2, -0.15) is 11.8 Å². The lowest BCUT2D eigenvalue weighted by molar-refractivity contribution is -0.109. The van der Waals surface area contributed by atoms with Crippen molar-refractivity contribution in [3.63, 3.8) is 0 Å². The van der Waals surface area contributed by atoms with Crippen molar-refractivity contribution in [1.82, 2.24) is 15.0 Å². The molecular formula is C37H41F2N3O4S. The molecule has 1 aliphatic heterocycles. The number of aromatic amines is 2. The van der Waals surface area contributed by atoms with Crippen molar-refractivity contribution in [2.45, 2.75) is 51.9 Å². The number of nitrogens with zero attached hydrogens (tertiary/aromatic N) is 1. The molecule has 0 saturated heterocycles. The van der Waals surface area contributed by atoms with Crippen molar-refractivity contribution in [2.24, 2.45) is 5.41 Å². The van der Waals surface area contributed by atoms with Crippen LogP contribution in [0.5, 0.6) is 17.2 Å². The summed E-state index contributed by atoms with van der Waals surface area (Å²) in [5.41, 5.74) is 3.13. The number of nitrogens with one attached hydrogen (secondary N) is 2. The summed E-state index contributed by atoms with van der Waals surface area (Å²) in [7, 11) is 1.00. The highest BCUT2D eigenvalue weighted by molar-refractivity contribution is 7.99. The lowest BCUT2D eigenvalue weighted by atomic mass is 9.74. The number of thioether (sulfide) groups is 1. The van der Waals surface area contributed by atoms with E-state index in [1.165, 1.54) is 18.2 Å². The average molecular weight is 662 g/mol. The highest BCUT2D eigenvalue weighted by atomic mass is 32.2. The number of halogens is 2. The fourth-order valence-electron chi connectivity index (χ4n) is 6.20. The zero-order valence-corrected chi connectivity index (χ0v) is 28.0. The molecule has 4 bridgehead atoms. The summed E-state index contributed by atoms with van der Waals surface area (Å²) in [4.78, 5) is 22.1. The molecule has 0 radical (unpaired) electrons. The van der Waals surface area contributed by atoms with E-state index in [0.717, 1.165) is 66.4 Å². The van der Waals surface area contributed by atoms with Crippen molar-refractivity contribution < 1.29 is 28.2 Å². The first-order chi connectivity index (χ1) is 22.7. The molecule has 2 aromatic heterocycles. The van der Waals surface area contributed by atoms with Gasteiger partial charge in [-0.15, -0.1) is 0 Å². The minimum absolute atomic E-state index is 0.0254. The molecule has 1 unspecified atom stereocenters. The molecule has 0 saturated carbocycles. The van der Waals surface area contributed by atoms with Crippen LogP contribution in [0.15, 0.2) is 67.0 Å². The zero-order valence-electron chi connectivity index (χ0n) is 27.2. The number of H-pyrrole nitrogens is 2. The van der Waals surface area contributed by atoms with Crippen LogP contribution in [0.25, 0.3) is 22.3 Å². The van der Waals surface area contributed by atoms with E-state index in [1.807, 2.05) is 42.1 Å². The fraction of sp³-hybridized carbons (Fsp3) is 0.351. The SMILES string of the molecule is CC1(C)CCCC(C)(c2cccc(OCC=O)c2)c2cnc([nH]2)-c2cc(ccc2F)Oc2c(F)cc3[nH]ccc3c2CCSC1.CO. The summed E-state index contributed by atoms with van der Waals surface area (Å²) in [5.74, 6) is 2.25. The Hall–Kier alpha value is -4.15. The van der Waals surface area contributed by atoms with Gasteiger partial charge in [-0.3, -0.25) is 4.79 Å². The topological polar surface area (TPSA) is 100 Å². The standard InChI is InChI=1S/C36H37F2N3O3S.CH4O/c1-35(2)12-5-13-36(3,23-6-4-7-24(18-23)43-16-15-42)32-21-40-34(41-32)28-19-25(8-9-29(28)37)44-33-27(11-17-45-22-35)26-10-14-39-31(26)20-30(33)38;1-2/h4,6-10,14-15,18-21,39H,5,11-13,16-17,22H2,1-3H3,(H,40,41);2H,1H3. The van der Waals surface area contributed by atoms with Gasteiger partial charge in [0.25, 0.3) is 0 Å². The summed E-state index contributed by atoms with van der Waals surface area (Å²) in [6, 6.07) is 15.5. The van der Waals surface area contributed by atoms with Gasteiger partial charge in [0.1, 0.15) is 29.7 Å². The van der Waals surface area contributed by atoms with E-state index in [2.05, 4.69) is 35.7 Å². The maximum Gasteiger partial charge on any atom is 0.168 e. The molecule has 3 heterocycles. The molecule has 0 amide bonds. The Morgan fingerprint density at radius 2 is 1.89 bits per heavy atom. The largest absolute Gasteiger partial charge is 0.486 e. The normalized spacial score (nSPS) is 18.1. The lowest BCUT2D eigenvalue weighted by Crippen LogP contribution is -2.26. The van der Waals surface area contributed by atoms with E-state index in [1.54, 1.807) is 18.5 Å². The highest BCUT2D eigenvalue weighted by Gasteiger charge is 2.33. The number of hydrogen-bond acceptors (Lipinski definition) is 6. The minimum Gasteiger partial charge on any atom is -0.486 e. The molecule has 47 heavy (non-hydrogen) atoms. The molecule has 10 heteroatoms. The third kappa shape index (κ3) is 7.55. The van der Waals surface area contributed by atoms with Crippen LogP contribution in [0.2, 0.25) is 0 Å². The number of carbonyl (C=O) groups excluding carboxylic acids is 1. The Kier molecular flexibility index (Phi) is 10.7. The third-order valence-corrected chi connectivity index (χ3v) is 10.2. The number of imidazole rings is 1. The van der Waals surface area contributed by atoms with Gasteiger partial charge in [0.05, 0.1) is 5.56 Å². The molecule has 0 aliphatic carbocycles. The molecule has 7 nitrogen and oxygen atoms in total. The Labute approximate surface area is 278 Å². The number of rotatable bonds is 4. The molecule has 0 spiro atoms. The van der Waals surface area contributed by atoms with Crippen LogP contribution in [-0.2, 0) is 16.6 Å². The van der Waals surface area contributed by atoms with Gasteiger partial charge in [-0.1, -0.05) is 32.4 Å². The predicted molar refractivity (Wildman–Crippen MR) is 184 cm³/mol. The second kappa shape index (κ2) is 14.7. The predicted octanol–water partition coefficient (Wildman–Crippen LogP) is 8.61. The Bertz CT molecular complexity index is 1840. The van der Waals surface area contributed by atoms with Gasteiger partial charge in [0.15, 0.2) is 17.9 Å². The van der Waals surface area contributed by atoms with E-state index < -0.39 is 17.0 Å². The number of aliphatic hydroxyl groups is 1. The van der Waals surface area contributed by atoms with Gasteiger partial charge < -0.3 is 24.5 Å². The van der Waals surface area contributed by atoms with Gasteiger partial charge in [-0.25, -0.2) is 13.8 Å². The summed E-state index contributed by atoms with van der Waals surface area (Å²) in [6.07, 6.45) is 7.65. The van der Waals surface area contributed by atoms with Crippen molar-refractivity contribution in [3.05, 3.63) is 95.4 Å². The van der Waals surface area contributed by atoms with Crippen LogP contribution in [0.3, 0.4) is 0 Å². The number of aryl methyl sites for hydroxylation is 1. The number of benzene rings is 3. The first-order valence-corrected chi connectivity index (χ1v) is 16.8. The summed E-state index contributed by atoms with van der Waals surface area (Å²) >= 11 is 1.86. The zero-order chi connectivity index (χ0) is 33.6. The number of fused-ring (bicyclic) bond motifs is 8. The van der Waals surface area contributed by atoms with E-state index >= 15 is 8.78 Å². The van der Waals surface area contributed by atoms with Crippen LogP contribution in [0, 0.1) is 17.0 Å². The van der Waals surface area contributed by atoms with Crippen molar-refractivity contribution >= 4 is 29.0 Å². The molecule has 6 rings (SSSR count). The van der Waals surface area contributed by atoms with E-state index in [0.29, 0.717) is 29.3 Å². The van der Waals surface area contributed by atoms with Crippen LogP contribution < -0.4 is 9.47 Å². The smallest absolute Gasteiger partial charge is 0.168 e. The third-order valence-electron chi connectivity index (χ3n) is 8.76. The Morgan fingerprint density at radius 3 is 2.70 bits per heavy atom. The first kappa shape index (κ1) is 34.2. The maximum absolute atomic E-state index is 15.5. The highest BCUT2D eigenvalue weighted by Crippen LogP contribution is 2.42. The van der Waals surface area contributed by atoms with Crippen molar-refractivity contribution in [1.29, 1.82) is 0 Å². The molecule has 5 aromatic rings. The summed E-state index contributed by atoms with van der Waals surface area (Å²) in [6.45, 7) is 6.70. The number of carbonyl (C=O) groups is 1. The van der Waals surface area contributed by atoms with Gasteiger partial charge >= 0.3 is 0 Å². The minimum atomic E-state index is -0.505. The van der Waals surface area contributed by atoms with Crippen LogP contribution >= 0.6 is 11.8 Å².